The van der Waals surface area contributed by atoms with Crippen molar-refractivity contribution in [3.8, 4) is 28.1 Å². The van der Waals surface area contributed by atoms with Gasteiger partial charge in [-0.15, -0.1) is 0 Å². The van der Waals surface area contributed by atoms with Gasteiger partial charge in [0.05, 0.1) is 22.7 Å². The number of carbonyl (C=O) groups excluding carboxylic acids is 1. The van der Waals surface area contributed by atoms with Crippen LogP contribution in [0, 0.1) is 18.7 Å². The second-order valence-electron chi connectivity index (χ2n) is 8.30. The summed E-state index contributed by atoms with van der Waals surface area (Å²) in [5, 5.41) is 17.9. The molecule has 2 aliphatic rings. The molecule has 7 heteroatoms. The fourth-order valence-corrected chi connectivity index (χ4v) is 4.11. The number of carbonyl (C=O) groups is 1. The highest BCUT2D eigenvalue weighted by Gasteiger charge is 2.49. The first-order chi connectivity index (χ1) is 14.3. The van der Waals surface area contributed by atoms with Gasteiger partial charge in [0.15, 0.2) is 6.61 Å². The summed E-state index contributed by atoms with van der Waals surface area (Å²) in [7, 11) is 0. The average molecular weight is 407 g/mol. The number of ether oxygens (including phenoxy) is 1. The Kier molecular flexibility index (Phi) is 4.18. The Morgan fingerprint density at radius 1 is 1.27 bits per heavy atom. The minimum Gasteiger partial charge on any atom is -0.482 e. The van der Waals surface area contributed by atoms with Crippen LogP contribution in [0.5, 0.6) is 5.75 Å². The Hall–Kier alpha value is -3.19. The summed E-state index contributed by atoms with van der Waals surface area (Å²) in [5.41, 5.74) is 4.25. The van der Waals surface area contributed by atoms with Crippen LogP contribution in [0.15, 0.2) is 42.5 Å². The molecule has 1 saturated carbocycles. The van der Waals surface area contributed by atoms with E-state index in [-0.39, 0.29) is 24.2 Å². The number of halogens is 1. The van der Waals surface area contributed by atoms with Crippen LogP contribution >= 0.6 is 0 Å². The van der Waals surface area contributed by atoms with E-state index in [4.69, 9.17) is 9.84 Å². The zero-order valence-corrected chi connectivity index (χ0v) is 16.8. The molecule has 0 spiro atoms. The molecule has 2 N–H and O–H groups in total. The highest BCUT2D eigenvalue weighted by atomic mass is 19.1. The van der Waals surface area contributed by atoms with Crippen LogP contribution in [0.2, 0.25) is 0 Å². The molecule has 2 heterocycles. The maximum Gasteiger partial charge on any atom is 0.262 e. The summed E-state index contributed by atoms with van der Waals surface area (Å²) in [5.74, 6) is 0.254. The van der Waals surface area contributed by atoms with Crippen molar-refractivity contribution in [3.63, 3.8) is 0 Å². The first-order valence-electron chi connectivity index (χ1n) is 9.94. The van der Waals surface area contributed by atoms with Crippen LogP contribution < -0.4 is 10.1 Å². The van der Waals surface area contributed by atoms with Crippen molar-refractivity contribution in [2.24, 2.45) is 5.92 Å². The van der Waals surface area contributed by atoms with E-state index in [1.807, 2.05) is 36.7 Å². The number of hydrogen-bond acceptors (Lipinski definition) is 4. The van der Waals surface area contributed by atoms with E-state index in [1.54, 1.807) is 12.1 Å². The summed E-state index contributed by atoms with van der Waals surface area (Å²) in [6.45, 7) is 4.34. The number of anilines is 1. The van der Waals surface area contributed by atoms with Crippen molar-refractivity contribution in [1.82, 2.24) is 9.78 Å². The van der Waals surface area contributed by atoms with Crippen LogP contribution in [0.3, 0.4) is 0 Å². The summed E-state index contributed by atoms with van der Waals surface area (Å²) in [6, 6.07) is 12.0. The van der Waals surface area contributed by atoms with E-state index in [2.05, 4.69) is 5.32 Å². The third kappa shape index (κ3) is 3.25. The summed E-state index contributed by atoms with van der Waals surface area (Å²) in [4.78, 5) is 11.7. The predicted molar refractivity (Wildman–Crippen MR) is 111 cm³/mol. The van der Waals surface area contributed by atoms with E-state index in [9.17, 15) is 14.3 Å². The molecular formula is C23H22FN3O3. The number of fused-ring (bicyclic) bond motifs is 1. The zero-order chi connectivity index (χ0) is 21.0. The lowest BCUT2D eigenvalue weighted by molar-refractivity contribution is -0.118. The van der Waals surface area contributed by atoms with Gasteiger partial charge in [-0.2, -0.15) is 5.10 Å². The maximum absolute atomic E-state index is 13.6. The van der Waals surface area contributed by atoms with Gasteiger partial charge in [0.1, 0.15) is 11.6 Å². The molecule has 5 rings (SSSR count). The first kappa shape index (κ1) is 18.8. The summed E-state index contributed by atoms with van der Waals surface area (Å²) >= 11 is 0. The molecule has 0 unspecified atom stereocenters. The monoisotopic (exact) mass is 407 g/mol. The molecule has 3 aromatic rings. The van der Waals surface area contributed by atoms with Crippen LogP contribution in [0.25, 0.3) is 22.4 Å². The van der Waals surface area contributed by atoms with Crippen molar-refractivity contribution in [3.05, 3.63) is 54.0 Å². The highest BCUT2D eigenvalue weighted by Crippen LogP contribution is 2.46. The number of nitrogens with one attached hydrogen (secondary N) is 1. The molecule has 30 heavy (non-hydrogen) atoms. The normalized spacial score (nSPS) is 22.3. The van der Waals surface area contributed by atoms with Crippen molar-refractivity contribution in [2.45, 2.75) is 32.4 Å². The number of aryl methyl sites for hydroxylation is 1. The molecule has 1 fully saturated rings. The van der Waals surface area contributed by atoms with E-state index < -0.39 is 5.60 Å². The fraction of sp³-hybridized carbons (Fsp3) is 0.304. The molecule has 1 aliphatic heterocycles. The molecule has 2 aromatic carbocycles. The van der Waals surface area contributed by atoms with Crippen LogP contribution in [-0.2, 0) is 11.3 Å². The Morgan fingerprint density at radius 3 is 2.67 bits per heavy atom. The fourth-order valence-electron chi connectivity index (χ4n) is 4.11. The second-order valence-corrected chi connectivity index (χ2v) is 8.30. The maximum atomic E-state index is 13.6. The quantitative estimate of drug-likeness (QED) is 0.690. The Labute approximate surface area is 173 Å². The van der Waals surface area contributed by atoms with E-state index in [0.29, 0.717) is 18.0 Å². The minimum absolute atomic E-state index is 0.00541. The minimum atomic E-state index is -0.673. The second kappa shape index (κ2) is 6.67. The molecule has 2 atom stereocenters. The molecule has 1 aromatic heterocycles. The molecule has 0 saturated heterocycles. The lowest BCUT2D eigenvalue weighted by Crippen LogP contribution is -2.25. The SMILES string of the molecule is Cc1nn(C[C@H]2C[C@@]2(C)O)c(-c2ccc(F)cc2)c1-c1ccc2c(c1)NC(=O)CO2. The number of aromatic nitrogens is 2. The summed E-state index contributed by atoms with van der Waals surface area (Å²) in [6.07, 6.45) is 0.728. The van der Waals surface area contributed by atoms with Crippen molar-refractivity contribution < 1.29 is 19.0 Å². The van der Waals surface area contributed by atoms with Crippen molar-refractivity contribution >= 4 is 11.6 Å². The number of amides is 1. The predicted octanol–water partition coefficient (Wildman–Crippen LogP) is 3.77. The first-order valence-corrected chi connectivity index (χ1v) is 9.94. The number of benzene rings is 2. The molecule has 154 valence electrons. The number of rotatable bonds is 4. The van der Waals surface area contributed by atoms with Crippen molar-refractivity contribution in [2.75, 3.05) is 11.9 Å². The van der Waals surface area contributed by atoms with Gasteiger partial charge >= 0.3 is 0 Å². The van der Waals surface area contributed by atoms with Gasteiger partial charge < -0.3 is 15.2 Å². The summed E-state index contributed by atoms with van der Waals surface area (Å²) < 4.78 is 20.9. The van der Waals surface area contributed by atoms with Crippen LogP contribution in [0.1, 0.15) is 19.0 Å². The van der Waals surface area contributed by atoms with Gasteiger partial charge in [-0.05, 0) is 62.2 Å². The zero-order valence-electron chi connectivity index (χ0n) is 16.8. The number of nitrogens with zero attached hydrogens (tertiary/aromatic N) is 2. The van der Waals surface area contributed by atoms with Gasteiger partial charge in [-0.3, -0.25) is 9.48 Å². The lowest BCUT2D eigenvalue weighted by atomic mass is 9.98. The number of aliphatic hydroxyl groups is 1. The average Bonchev–Trinajstić information content (AvgIpc) is 3.16. The molecule has 1 aliphatic carbocycles. The molecular weight excluding hydrogens is 385 g/mol. The van der Waals surface area contributed by atoms with E-state index >= 15 is 0 Å². The van der Waals surface area contributed by atoms with E-state index in [1.165, 1.54) is 12.1 Å². The molecule has 6 nitrogen and oxygen atoms in total. The lowest BCUT2D eigenvalue weighted by Gasteiger charge is -2.19. The third-order valence-corrected chi connectivity index (χ3v) is 5.92. The Morgan fingerprint density at radius 2 is 1.97 bits per heavy atom. The Bertz CT molecular complexity index is 1150. The molecule has 0 radical (unpaired) electrons. The van der Waals surface area contributed by atoms with Crippen LogP contribution in [-0.4, -0.2) is 33.0 Å². The van der Waals surface area contributed by atoms with Crippen molar-refractivity contribution in [1.29, 1.82) is 0 Å². The smallest absolute Gasteiger partial charge is 0.262 e. The molecule has 1 amide bonds. The third-order valence-electron chi connectivity index (χ3n) is 5.92. The largest absolute Gasteiger partial charge is 0.482 e. The van der Waals surface area contributed by atoms with Gasteiger partial charge in [0.25, 0.3) is 5.91 Å². The Balaban J connectivity index is 1.64. The van der Waals surface area contributed by atoms with Gasteiger partial charge in [-0.1, -0.05) is 6.07 Å². The van der Waals surface area contributed by atoms with E-state index in [0.717, 1.165) is 34.5 Å². The number of hydrogen-bond donors (Lipinski definition) is 2. The standard InChI is InChI=1S/C23H22FN3O3/c1-13-21(15-5-8-19-18(9-15)25-20(28)12-30-19)22(14-3-6-17(24)7-4-14)27(26-13)11-16-10-23(16,2)29/h3-9,16,29H,10-12H2,1-2H3,(H,25,28)/t16-,23-/m1/s1. The molecule has 0 bridgehead atoms. The van der Waals surface area contributed by atoms with Gasteiger partial charge in [0, 0.05) is 23.6 Å². The van der Waals surface area contributed by atoms with Gasteiger partial charge in [0.2, 0.25) is 0 Å². The topological polar surface area (TPSA) is 76.4 Å². The van der Waals surface area contributed by atoms with Crippen LogP contribution in [0.4, 0.5) is 10.1 Å². The van der Waals surface area contributed by atoms with Gasteiger partial charge in [-0.25, -0.2) is 4.39 Å². The highest BCUT2D eigenvalue weighted by molar-refractivity contribution is 5.97.